The lowest BCUT2D eigenvalue weighted by atomic mass is 10.1. The Labute approximate surface area is 75.9 Å². The molecule has 0 fully saturated rings. The van der Waals surface area contributed by atoms with Gasteiger partial charge >= 0.3 is 0 Å². The highest BCUT2D eigenvalue weighted by molar-refractivity contribution is 6.31. The number of aliphatic imine (C=N–C) groups is 1. The molecule has 0 heterocycles. The number of rotatable bonds is 2. The van der Waals surface area contributed by atoms with Crippen LogP contribution in [0.5, 0.6) is 0 Å². The maximum atomic E-state index is 9.85. The van der Waals surface area contributed by atoms with Gasteiger partial charge in [0, 0.05) is 5.02 Å². The molecule has 1 aromatic rings. The van der Waals surface area contributed by atoms with Crippen LogP contribution < -0.4 is 0 Å². The first kappa shape index (κ1) is 8.98. The van der Waals surface area contributed by atoms with Crippen molar-refractivity contribution in [2.24, 2.45) is 4.99 Å². The zero-order valence-electron chi connectivity index (χ0n) is 6.67. The third kappa shape index (κ3) is 1.94. The minimum atomic E-state index is 0.357. The van der Waals surface area contributed by atoms with Crippen LogP contribution in [-0.4, -0.2) is 6.08 Å². The lowest BCUT2D eigenvalue weighted by Crippen LogP contribution is -1.86. The monoisotopic (exact) mass is 181 g/mol. The van der Waals surface area contributed by atoms with E-state index in [0.717, 1.165) is 11.1 Å². The lowest BCUT2D eigenvalue weighted by Gasteiger charge is -2.02. The SMILES string of the molecule is Cc1c(Cl)cccc1CN=C=O. The zero-order chi connectivity index (χ0) is 8.97. The largest absolute Gasteiger partial charge is 0.235 e. The van der Waals surface area contributed by atoms with E-state index in [2.05, 4.69) is 4.99 Å². The van der Waals surface area contributed by atoms with Crippen molar-refractivity contribution < 1.29 is 4.79 Å². The second-order valence-electron chi connectivity index (χ2n) is 2.43. The van der Waals surface area contributed by atoms with Gasteiger partial charge in [-0.15, -0.1) is 0 Å². The smallest absolute Gasteiger partial charge is 0.211 e. The van der Waals surface area contributed by atoms with Crippen molar-refractivity contribution in [3.8, 4) is 0 Å². The fourth-order valence-corrected chi connectivity index (χ4v) is 1.13. The van der Waals surface area contributed by atoms with E-state index in [1.54, 1.807) is 0 Å². The van der Waals surface area contributed by atoms with Gasteiger partial charge in [0.05, 0.1) is 6.54 Å². The molecule has 0 aliphatic carbocycles. The number of benzene rings is 1. The number of hydrogen-bond acceptors (Lipinski definition) is 2. The third-order valence-corrected chi connectivity index (χ3v) is 2.10. The highest BCUT2D eigenvalue weighted by Crippen LogP contribution is 2.18. The Kier molecular flexibility index (Phi) is 3.03. The molecule has 0 amide bonds. The van der Waals surface area contributed by atoms with Gasteiger partial charge in [0.15, 0.2) is 0 Å². The molecule has 0 saturated carbocycles. The fourth-order valence-electron chi connectivity index (χ4n) is 0.941. The highest BCUT2D eigenvalue weighted by atomic mass is 35.5. The lowest BCUT2D eigenvalue weighted by molar-refractivity contribution is 0.562. The average Bonchev–Trinajstić information content (AvgIpc) is 2.08. The standard InChI is InChI=1S/C9H8ClNO/c1-7-8(5-11-6-12)3-2-4-9(7)10/h2-4H,5H2,1H3. The molecule has 1 rings (SSSR count). The predicted octanol–water partition coefficient (Wildman–Crippen LogP) is 2.48. The molecule has 0 spiro atoms. The predicted molar refractivity (Wildman–Crippen MR) is 48.0 cm³/mol. The molecule has 0 aromatic heterocycles. The quantitative estimate of drug-likeness (QED) is 0.509. The molecule has 0 N–H and O–H groups in total. The van der Waals surface area contributed by atoms with Crippen molar-refractivity contribution in [1.82, 2.24) is 0 Å². The Bertz CT molecular complexity index is 329. The van der Waals surface area contributed by atoms with Crippen molar-refractivity contribution in [3.05, 3.63) is 34.3 Å². The first-order valence-corrected chi connectivity index (χ1v) is 3.91. The normalized spacial score (nSPS) is 9.17. The second kappa shape index (κ2) is 4.05. The van der Waals surface area contributed by atoms with Gasteiger partial charge in [-0.1, -0.05) is 23.7 Å². The summed E-state index contributed by atoms with van der Waals surface area (Å²) in [4.78, 5) is 13.3. The van der Waals surface area contributed by atoms with Gasteiger partial charge < -0.3 is 0 Å². The van der Waals surface area contributed by atoms with Crippen LogP contribution in [0.4, 0.5) is 0 Å². The van der Waals surface area contributed by atoms with E-state index >= 15 is 0 Å². The molecule has 0 radical (unpaired) electrons. The van der Waals surface area contributed by atoms with Crippen LogP contribution in [0.3, 0.4) is 0 Å². The molecular weight excluding hydrogens is 174 g/mol. The van der Waals surface area contributed by atoms with Crippen molar-refractivity contribution in [3.63, 3.8) is 0 Å². The molecule has 0 unspecified atom stereocenters. The number of carbonyl (C=O) groups excluding carboxylic acids is 1. The molecule has 1 aromatic carbocycles. The van der Waals surface area contributed by atoms with Crippen molar-refractivity contribution in [2.75, 3.05) is 0 Å². The molecule has 0 aliphatic rings. The molecule has 12 heavy (non-hydrogen) atoms. The Morgan fingerprint density at radius 1 is 1.58 bits per heavy atom. The summed E-state index contributed by atoms with van der Waals surface area (Å²) in [5.41, 5.74) is 1.93. The van der Waals surface area contributed by atoms with E-state index in [-0.39, 0.29) is 0 Å². The van der Waals surface area contributed by atoms with Crippen LogP contribution in [0.1, 0.15) is 11.1 Å². The van der Waals surface area contributed by atoms with Crippen LogP contribution in [0, 0.1) is 6.92 Å². The van der Waals surface area contributed by atoms with Crippen molar-refractivity contribution in [2.45, 2.75) is 13.5 Å². The summed E-state index contributed by atoms with van der Waals surface area (Å²) in [6.07, 6.45) is 1.49. The van der Waals surface area contributed by atoms with Crippen molar-refractivity contribution in [1.29, 1.82) is 0 Å². The molecule has 2 nitrogen and oxygen atoms in total. The van der Waals surface area contributed by atoms with Gasteiger partial charge in [0.2, 0.25) is 6.08 Å². The van der Waals surface area contributed by atoms with E-state index in [1.165, 1.54) is 6.08 Å². The third-order valence-electron chi connectivity index (χ3n) is 1.69. The first-order valence-electron chi connectivity index (χ1n) is 3.53. The molecule has 0 bridgehead atoms. The summed E-state index contributed by atoms with van der Waals surface area (Å²) in [6, 6.07) is 5.54. The van der Waals surface area contributed by atoms with Gasteiger partial charge in [0.25, 0.3) is 0 Å². The second-order valence-corrected chi connectivity index (χ2v) is 2.84. The summed E-state index contributed by atoms with van der Waals surface area (Å²) in [5.74, 6) is 0. The average molecular weight is 182 g/mol. The minimum absolute atomic E-state index is 0.357. The molecule has 3 heteroatoms. The van der Waals surface area contributed by atoms with Gasteiger partial charge in [0.1, 0.15) is 0 Å². The summed E-state index contributed by atoms with van der Waals surface area (Å²) < 4.78 is 0. The summed E-state index contributed by atoms with van der Waals surface area (Å²) >= 11 is 5.85. The van der Waals surface area contributed by atoms with Crippen LogP contribution in [-0.2, 0) is 11.3 Å². The van der Waals surface area contributed by atoms with Crippen molar-refractivity contribution >= 4 is 17.7 Å². The fraction of sp³-hybridized carbons (Fsp3) is 0.222. The maximum absolute atomic E-state index is 9.85. The Morgan fingerprint density at radius 3 is 3.00 bits per heavy atom. The number of halogens is 1. The molecule has 0 saturated heterocycles. The van der Waals surface area contributed by atoms with Crippen LogP contribution in [0.15, 0.2) is 23.2 Å². The van der Waals surface area contributed by atoms with Gasteiger partial charge in [-0.2, -0.15) is 0 Å². The van der Waals surface area contributed by atoms with E-state index < -0.39 is 0 Å². The summed E-state index contributed by atoms with van der Waals surface area (Å²) in [5, 5.41) is 0.702. The Balaban J connectivity index is 2.99. The topological polar surface area (TPSA) is 29.4 Å². The minimum Gasteiger partial charge on any atom is -0.211 e. The van der Waals surface area contributed by atoms with Crippen LogP contribution >= 0.6 is 11.6 Å². The molecule has 0 aliphatic heterocycles. The number of hydrogen-bond donors (Lipinski definition) is 0. The zero-order valence-corrected chi connectivity index (χ0v) is 7.43. The van der Waals surface area contributed by atoms with Gasteiger partial charge in [-0.25, -0.2) is 9.79 Å². The molecule has 62 valence electrons. The Morgan fingerprint density at radius 2 is 2.33 bits per heavy atom. The Hall–Kier alpha value is -1.11. The van der Waals surface area contributed by atoms with Crippen LogP contribution in [0.2, 0.25) is 5.02 Å². The maximum Gasteiger partial charge on any atom is 0.235 e. The van der Waals surface area contributed by atoms with E-state index in [4.69, 9.17) is 11.6 Å². The van der Waals surface area contributed by atoms with E-state index in [9.17, 15) is 4.79 Å². The molecular formula is C9H8ClNO. The van der Waals surface area contributed by atoms with Gasteiger partial charge in [-0.3, -0.25) is 0 Å². The van der Waals surface area contributed by atoms with Gasteiger partial charge in [-0.05, 0) is 24.1 Å². The molecule has 0 atom stereocenters. The summed E-state index contributed by atoms with van der Waals surface area (Å²) in [6.45, 7) is 2.26. The highest BCUT2D eigenvalue weighted by Gasteiger charge is 1.99. The first-order chi connectivity index (χ1) is 5.75. The summed E-state index contributed by atoms with van der Waals surface area (Å²) in [7, 11) is 0. The van der Waals surface area contributed by atoms with E-state index in [0.29, 0.717) is 11.6 Å². The number of nitrogens with zero attached hydrogens (tertiary/aromatic N) is 1. The van der Waals surface area contributed by atoms with Crippen LogP contribution in [0.25, 0.3) is 0 Å². The number of isocyanates is 1. The van der Waals surface area contributed by atoms with E-state index in [1.807, 2.05) is 25.1 Å².